The minimum absolute atomic E-state index is 0.214. The minimum atomic E-state index is -4.38. The van der Waals surface area contributed by atoms with Crippen LogP contribution in [0.15, 0.2) is 47.6 Å². The molecule has 1 aliphatic rings. The maximum absolute atomic E-state index is 13.1. The van der Waals surface area contributed by atoms with Crippen molar-refractivity contribution in [2.75, 3.05) is 0 Å². The molecule has 2 aromatic carbocycles. The highest BCUT2D eigenvalue weighted by Gasteiger charge is 2.32. The number of nitrogens with two attached hydrogens (primary N) is 1. The Morgan fingerprint density at radius 3 is 2.39 bits per heavy atom. The zero-order chi connectivity index (χ0) is 16.6. The zero-order valence-corrected chi connectivity index (χ0v) is 12.5. The number of hydrogen-bond donors (Lipinski definition) is 2. The predicted molar refractivity (Wildman–Crippen MR) is 83.7 cm³/mol. The number of aryl methyl sites for hydroxylation is 1. The Morgan fingerprint density at radius 1 is 1.13 bits per heavy atom. The lowest BCUT2D eigenvalue weighted by Crippen LogP contribution is -2.14. The number of nitrogens with zero attached hydrogens (tertiary/aromatic N) is 1. The van der Waals surface area contributed by atoms with Crippen LogP contribution in [-0.2, 0) is 6.18 Å². The highest BCUT2D eigenvalue weighted by molar-refractivity contribution is 5.83. The number of hydrazone groups is 1. The van der Waals surface area contributed by atoms with E-state index in [1.54, 1.807) is 0 Å². The number of halogens is 3. The molecule has 0 aliphatic carbocycles. The average molecular weight is 319 g/mol. The van der Waals surface area contributed by atoms with E-state index in [4.69, 9.17) is 5.73 Å². The van der Waals surface area contributed by atoms with E-state index in [9.17, 15) is 13.2 Å². The Kier molecular flexibility index (Phi) is 3.75. The number of benzene rings is 2. The lowest BCUT2D eigenvalue weighted by atomic mass is 9.91. The molecule has 2 aromatic rings. The predicted octanol–water partition coefficient (Wildman–Crippen LogP) is 3.99. The van der Waals surface area contributed by atoms with Gasteiger partial charge in [-0.05, 0) is 35.7 Å². The van der Waals surface area contributed by atoms with E-state index >= 15 is 0 Å². The van der Waals surface area contributed by atoms with Crippen molar-refractivity contribution in [1.29, 1.82) is 0 Å². The molecule has 3 nitrogen and oxygen atoms in total. The SMILES string of the molecule is Cc1ccc(-c2cc(C(F)(F)F)ccc2C2CC(N)=NN2)cc1. The molecule has 0 bridgehead atoms. The van der Waals surface area contributed by atoms with E-state index in [2.05, 4.69) is 10.5 Å². The third-order valence-electron chi connectivity index (χ3n) is 3.90. The summed E-state index contributed by atoms with van der Waals surface area (Å²) >= 11 is 0. The quantitative estimate of drug-likeness (QED) is 0.879. The molecule has 23 heavy (non-hydrogen) atoms. The van der Waals surface area contributed by atoms with Crippen molar-refractivity contribution in [3.63, 3.8) is 0 Å². The number of amidine groups is 1. The highest BCUT2D eigenvalue weighted by atomic mass is 19.4. The fourth-order valence-electron chi connectivity index (χ4n) is 2.66. The van der Waals surface area contributed by atoms with Gasteiger partial charge < -0.3 is 11.2 Å². The van der Waals surface area contributed by atoms with Crippen LogP contribution in [0.1, 0.15) is 29.2 Å². The molecule has 3 N–H and O–H groups in total. The Hall–Kier alpha value is -2.50. The number of nitrogens with one attached hydrogen (secondary N) is 1. The Bertz CT molecular complexity index is 749. The van der Waals surface area contributed by atoms with Gasteiger partial charge in [-0.1, -0.05) is 35.9 Å². The van der Waals surface area contributed by atoms with Crippen LogP contribution in [-0.4, -0.2) is 5.84 Å². The summed E-state index contributed by atoms with van der Waals surface area (Å²) in [5.74, 6) is 0.449. The summed E-state index contributed by atoms with van der Waals surface area (Å²) in [5, 5.41) is 3.94. The minimum Gasteiger partial charge on any atom is -0.386 e. The van der Waals surface area contributed by atoms with Crippen LogP contribution in [0.25, 0.3) is 11.1 Å². The van der Waals surface area contributed by atoms with E-state index in [1.165, 1.54) is 12.1 Å². The molecule has 0 saturated heterocycles. The standard InChI is InChI=1S/C17H16F3N3/c1-10-2-4-11(5-3-10)14-8-12(17(18,19)20)6-7-13(14)15-9-16(21)23-22-15/h2-8,15,22H,9H2,1H3,(H2,21,23). The molecular weight excluding hydrogens is 303 g/mol. The fourth-order valence-corrected chi connectivity index (χ4v) is 2.66. The maximum atomic E-state index is 13.1. The van der Waals surface area contributed by atoms with E-state index in [0.29, 0.717) is 17.8 Å². The summed E-state index contributed by atoms with van der Waals surface area (Å²) in [6.45, 7) is 1.93. The molecule has 1 aliphatic heterocycles. The van der Waals surface area contributed by atoms with E-state index < -0.39 is 11.7 Å². The third-order valence-corrected chi connectivity index (χ3v) is 3.90. The summed E-state index contributed by atoms with van der Waals surface area (Å²) in [6.07, 6.45) is -3.90. The van der Waals surface area contributed by atoms with Crippen LogP contribution in [0.2, 0.25) is 0 Å². The molecule has 6 heteroatoms. The third kappa shape index (κ3) is 3.16. The lowest BCUT2D eigenvalue weighted by molar-refractivity contribution is -0.137. The number of alkyl halides is 3. The first-order valence-corrected chi connectivity index (χ1v) is 7.20. The Balaban J connectivity index is 2.10. The van der Waals surface area contributed by atoms with E-state index in [1.807, 2.05) is 31.2 Å². The molecule has 1 atom stereocenters. The molecular formula is C17H16F3N3. The highest BCUT2D eigenvalue weighted by Crippen LogP contribution is 2.37. The molecule has 3 rings (SSSR count). The average Bonchev–Trinajstić information content (AvgIpc) is 2.93. The van der Waals surface area contributed by atoms with Gasteiger partial charge in [-0.15, -0.1) is 0 Å². The van der Waals surface area contributed by atoms with Gasteiger partial charge in [0.25, 0.3) is 0 Å². The van der Waals surface area contributed by atoms with Crippen LogP contribution in [0.3, 0.4) is 0 Å². The summed E-state index contributed by atoms with van der Waals surface area (Å²) in [5.41, 5.74) is 11.0. The van der Waals surface area contributed by atoms with Crippen molar-refractivity contribution in [2.24, 2.45) is 10.8 Å². The summed E-state index contributed by atoms with van der Waals surface area (Å²) in [7, 11) is 0. The van der Waals surface area contributed by atoms with Crippen LogP contribution >= 0.6 is 0 Å². The first-order chi connectivity index (χ1) is 10.8. The molecule has 0 saturated carbocycles. The van der Waals surface area contributed by atoms with Gasteiger partial charge in [0, 0.05) is 6.42 Å². The smallest absolute Gasteiger partial charge is 0.386 e. The van der Waals surface area contributed by atoms with Crippen LogP contribution < -0.4 is 11.2 Å². The molecule has 0 spiro atoms. The monoisotopic (exact) mass is 319 g/mol. The van der Waals surface area contributed by atoms with Crippen molar-refractivity contribution < 1.29 is 13.2 Å². The molecule has 1 unspecified atom stereocenters. The molecule has 0 fully saturated rings. The van der Waals surface area contributed by atoms with Gasteiger partial charge in [-0.2, -0.15) is 18.3 Å². The van der Waals surface area contributed by atoms with Crippen molar-refractivity contribution in [2.45, 2.75) is 25.6 Å². The second-order valence-corrected chi connectivity index (χ2v) is 5.65. The Labute approximate surface area is 132 Å². The number of hydrogen-bond acceptors (Lipinski definition) is 3. The molecule has 0 amide bonds. The van der Waals surface area contributed by atoms with Gasteiger partial charge in [0.15, 0.2) is 0 Å². The summed E-state index contributed by atoms with van der Waals surface area (Å²) in [6, 6.07) is 11.0. The summed E-state index contributed by atoms with van der Waals surface area (Å²) < 4.78 is 39.2. The molecule has 0 aromatic heterocycles. The second-order valence-electron chi connectivity index (χ2n) is 5.65. The molecule has 1 heterocycles. The second kappa shape index (κ2) is 5.61. The lowest BCUT2D eigenvalue weighted by Gasteiger charge is -2.18. The maximum Gasteiger partial charge on any atom is 0.416 e. The zero-order valence-electron chi connectivity index (χ0n) is 12.5. The summed E-state index contributed by atoms with van der Waals surface area (Å²) in [4.78, 5) is 0. The first-order valence-electron chi connectivity index (χ1n) is 7.20. The molecule has 120 valence electrons. The van der Waals surface area contributed by atoms with Gasteiger partial charge in [0.2, 0.25) is 0 Å². The van der Waals surface area contributed by atoms with Gasteiger partial charge in [0.05, 0.1) is 11.6 Å². The van der Waals surface area contributed by atoms with E-state index in [0.717, 1.165) is 22.8 Å². The fraction of sp³-hybridized carbons (Fsp3) is 0.235. The largest absolute Gasteiger partial charge is 0.416 e. The molecule has 0 radical (unpaired) electrons. The van der Waals surface area contributed by atoms with Gasteiger partial charge in [-0.3, -0.25) is 0 Å². The van der Waals surface area contributed by atoms with Crippen LogP contribution in [0.5, 0.6) is 0 Å². The first kappa shape index (κ1) is 15.4. The van der Waals surface area contributed by atoms with Gasteiger partial charge in [0.1, 0.15) is 5.84 Å². The van der Waals surface area contributed by atoms with Crippen molar-refractivity contribution in [1.82, 2.24) is 5.43 Å². The topological polar surface area (TPSA) is 50.4 Å². The van der Waals surface area contributed by atoms with Crippen LogP contribution in [0, 0.1) is 6.92 Å². The van der Waals surface area contributed by atoms with Gasteiger partial charge in [-0.25, -0.2) is 0 Å². The van der Waals surface area contributed by atoms with Crippen molar-refractivity contribution in [3.8, 4) is 11.1 Å². The van der Waals surface area contributed by atoms with Crippen LogP contribution in [0.4, 0.5) is 13.2 Å². The number of rotatable bonds is 2. The van der Waals surface area contributed by atoms with E-state index in [-0.39, 0.29) is 6.04 Å². The van der Waals surface area contributed by atoms with Gasteiger partial charge >= 0.3 is 6.18 Å². The normalized spacial score (nSPS) is 17.7. The van der Waals surface area contributed by atoms with Crippen molar-refractivity contribution >= 4 is 5.84 Å². The Morgan fingerprint density at radius 2 is 1.83 bits per heavy atom. The van der Waals surface area contributed by atoms with Crippen molar-refractivity contribution in [3.05, 3.63) is 59.2 Å².